The van der Waals surface area contributed by atoms with Crippen LogP contribution in [0.3, 0.4) is 0 Å². The number of nitrogens with zero attached hydrogens (tertiary/aromatic N) is 1. The molecule has 1 rings (SSSR count). The molecule has 0 aliphatic carbocycles. The van der Waals surface area contributed by atoms with Crippen molar-refractivity contribution in [2.45, 2.75) is 5.75 Å². The van der Waals surface area contributed by atoms with Crippen LogP contribution in [0.1, 0.15) is 5.56 Å². The fourth-order valence-corrected chi connectivity index (χ4v) is 1.62. The van der Waals surface area contributed by atoms with Gasteiger partial charge in [0.1, 0.15) is 5.82 Å². The predicted octanol–water partition coefficient (Wildman–Crippen LogP) is 1.15. The Morgan fingerprint density at radius 2 is 2.42 bits per heavy atom. The van der Waals surface area contributed by atoms with Crippen molar-refractivity contribution in [2.24, 2.45) is 0 Å². The summed E-state index contributed by atoms with van der Waals surface area (Å²) >= 11 is 1.31. The zero-order valence-corrected chi connectivity index (χ0v) is 8.43. The molecule has 6 heteroatoms. The lowest BCUT2D eigenvalue weighted by Crippen LogP contribution is -2.00. The molecule has 66 valence electrons. The summed E-state index contributed by atoms with van der Waals surface area (Å²) < 4.78 is 19.8. The second-order valence-corrected chi connectivity index (χ2v) is 4.01. The summed E-state index contributed by atoms with van der Waals surface area (Å²) in [5.41, 5.74) is 6.03. The molecule has 4 nitrogen and oxygen atoms in total. The molecule has 3 N–H and O–H groups in total. The summed E-state index contributed by atoms with van der Waals surface area (Å²) in [6.45, 7) is 0. The van der Waals surface area contributed by atoms with Crippen molar-refractivity contribution in [3.05, 3.63) is 22.3 Å². The molecule has 0 aliphatic heterocycles. The van der Waals surface area contributed by atoms with Crippen molar-refractivity contribution in [3.63, 3.8) is 0 Å². The standard InChI is InChI=1S/C6H7BrN2O2S/c7-5-1-4(3-12(10)11)6(8)9-2-5/h1-2H,3H2,(H2,8,9)(H,10,11). The van der Waals surface area contributed by atoms with Crippen LogP contribution in [-0.2, 0) is 16.8 Å². The summed E-state index contributed by atoms with van der Waals surface area (Å²) in [6, 6.07) is 1.68. The predicted molar refractivity (Wildman–Crippen MR) is 50.8 cm³/mol. The molecule has 0 bridgehead atoms. The SMILES string of the molecule is Nc1ncc(Br)cc1CS(=O)O. The molecule has 1 atom stereocenters. The fraction of sp³-hybridized carbons (Fsp3) is 0.167. The van der Waals surface area contributed by atoms with Crippen molar-refractivity contribution >= 4 is 32.8 Å². The van der Waals surface area contributed by atoms with E-state index in [2.05, 4.69) is 20.9 Å². The summed E-state index contributed by atoms with van der Waals surface area (Å²) in [4.78, 5) is 3.82. The van der Waals surface area contributed by atoms with E-state index in [0.717, 1.165) is 4.47 Å². The van der Waals surface area contributed by atoms with Crippen LogP contribution in [0.25, 0.3) is 0 Å². The van der Waals surface area contributed by atoms with Crippen LogP contribution in [0.4, 0.5) is 5.82 Å². The van der Waals surface area contributed by atoms with Gasteiger partial charge in [-0.2, -0.15) is 0 Å². The Balaban J connectivity index is 2.97. The van der Waals surface area contributed by atoms with Gasteiger partial charge in [-0.3, -0.25) is 0 Å². The Labute approximate surface area is 80.6 Å². The second-order valence-electron chi connectivity index (χ2n) is 2.16. The normalized spacial score (nSPS) is 12.8. The molecule has 1 aromatic rings. The third-order valence-corrected chi connectivity index (χ3v) is 2.24. The minimum atomic E-state index is -1.88. The maximum Gasteiger partial charge on any atom is 0.157 e. The average molecular weight is 251 g/mol. The number of rotatable bonds is 2. The molecular weight excluding hydrogens is 244 g/mol. The molecular formula is C6H7BrN2O2S. The summed E-state index contributed by atoms with van der Waals surface area (Å²) in [5.74, 6) is 0.304. The molecule has 0 saturated heterocycles. The highest BCUT2D eigenvalue weighted by Crippen LogP contribution is 2.16. The Hall–Kier alpha value is -0.460. The molecule has 0 amide bonds. The van der Waals surface area contributed by atoms with Crippen molar-refractivity contribution in [2.75, 3.05) is 5.73 Å². The molecule has 1 heterocycles. The van der Waals surface area contributed by atoms with E-state index in [0.29, 0.717) is 11.4 Å². The Morgan fingerprint density at radius 1 is 1.75 bits per heavy atom. The van der Waals surface area contributed by atoms with Crippen LogP contribution < -0.4 is 5.73 Å². The second kappa shape index (κ2) is 3.97. The number of nitrogens with two attached hydrogens (primary N) is 1. The molecule has 0 spiro atoms. The minimum absolute atomic E-state index is 0.0122. The first-order valence-corrected chi connectivity index (χ1v) is 5.14. The zero-order chi connectivity index (χ0) is 9.14. The van der Waals surface area contributed by atoms with Gasteiger partial charge in [0.25, 0.3) is 0 Å². The van der Waals surface area contributed by atoms with Gasteiger partial charge in [-0.15, -0.1) is 0 Å². The average Bonchev–Trinajstić information content (AvgIpc) is 1.96. The third-order valence-electron chi connectivity index (χ3n) is 1.25. The van der Waals surface area contributed by atoms with Crippen LogP contribution >= 0.6 is 15.9 Å². The van der Waals surface area contributed by atoms with Gasteiger partial charge in [-0.1, -0.05) is 0 Å². The first-order chi connectivity index (χ1) is 5.59. The molecule has 0 radical (unpaired) electrons. The molecule has 1 unspecified atom stereocenters. The van der Waals surface area contributed by atoms with E-state index in [4.69, 9.17) is 10.3 Å². The van der Waals surface area contributed by atoms with E-state index < -0.39 is 11.1 Å². The van der Waals surface area contributed by atoms with Gasteiger partial charge in [0.05, 0.1) is 5.75 Å². The minimum Gasteiger partial charge on any atom is -0.383 e. The smallest absolute Gasteiger partial charge is 0.157 e. The number of hydrogen-bond donors (Lipinski definition) is 2. The quantitative estimate of drug-likeness (QED) is 0.773. The van der Waals surface area contributed by atoms with Crippen molar-refractivity contribution in [1.29, 1.82) is 0 Å². The first-order valence-electron chi connectivity index (χ1n) is 3.07. The van der Waals surface area contributed by atoms with Gasteiger partial charge >= 0.3 is 0 Å². The highest BCUT2D eigenvalue weighted by Gasteiger charge is 2.04. The van der Waals surface area contributed by atoms with E-state index in [1.165, 1.54) is 0 Å². The third kappa shape index (κ3) is 2.54. The molecule has 1 aromatic heterocycles. The maximum atomic E-state index is 10.4. The van der Waals surface area contributed by atoms with Gasteiger partial charge in [-0.05, 0) is 22.0 Å². The topological polar surface area (TPSA) is 76.2 Å². The molecule has 0 saturated carbocycles. The maximum absolute atomic E-state index is 10.4. The Morgan fingerprint density at radius 3 is 3.00 bits per heavy atom. The van der Waals surface area contributed by atoms with Crippen molar-refractivity contribution < 1.29 is 8.76 Å². The molecule has 0 aromatic carbocycles. The van der Waals surface area contributed by atoms with E-state index in [-0.39, 0.29) is 5.75 Å². The van der Waals surface area contributed by atoms with Gasteiger partial charge in [0, 0.05) is 16.2 Å². The van der Waals surface area contributed by atoms with Crippen molar-refractivity contribution in [1.82, 2.24) is 4.98 Å². The largest absolute Gasteiger partial charge is 0.383 e. The van der Waals surface area contributed by atoms with Crippen LogP contribution in [0.5, 0.6) is 0 Å². The van der Waals surface area contributed by atoms with E-state index in [1.807, 2.05) is 0 Å². The van der Waals surface area contributed by atoms with E-state index in [1.54, 1.807) is 12.3 Å². The van der Waals surface area contributed by atoms with Crippen LogP contribution in [0, 0.1) is 0 Å². The highest BCUT2D eigenvalue weighted by molar-refractivity contribution is 9.10. The number of aromatic nitrogens is 1. The Bertz CT molecular complexity index is 318. The number of nitrogen functional groups attached to an aromatic ring is 1. The van der Waals surface area contributed by atoms with E-state index >= 15 is 0 Å². The summed E-state index contributed by atoms with van der Waals surface area (Å²) in [5, 5.41) is 0. The highest BCUT2D eigenvalue weighted by atomic mass is 79.9. The Kier molecular flexibility index (Phi) is 3.19. The molecule has 0 fully saturated rings. The fourth-order valence-electron chi connectivity index (χ4n) is 0.740. The summed E-state index contributed by atoms with van der Waals surface area (Å²) in [7, 11) is 0. The number of pyridine rings is 1. The zero-order valence-electron chi connectivity index (χ0n) is 6.03. The number of hydrogen-bond acceptors (Lipinski definition) is 3. The van der Waals surface area contributed by atoms with Crippen LogP contribution in [0.15, 0.2) is 16.7 Å². The summed E-state index contributed by atoms with van der Waals surface area (Å²) in [6.07, 6.45) is 1.54. The first kappa shape index (κ1) is 9.63. The molecule has 12 heavy (non-hydrogen) atoms. The van der Waals surface area contributed by atoms with Gasteiger partial charge in [0.15, 0.2) is 11.1 Å². The monoisotopic (exact) mass is 250 g/mol. The van der Waals surface area contributed by atoms with Gasteiger partial charge in [0.2, 0.25) is 0 Å². The van der Waals surface area contributed by atoms with Gasteiger partial charge < -0.3 is 10.3 Å². The van der Waals surface area contributed by atoms with Gasteiger partial charge in [-0.25, -0.2) is 9.19 Å². The lowest BCUT2D eigenvalue weighted by molar-refractivity contribution is 0.563. The van der Waals surface area contributed by atoms with Crippen LogP contribution in [-0.4, -0.2) is 13.7 Å². The lowest BCUT2D eigenvalue weighted by atomic mass is 10.3. The molecule has 0 aliphatic rings. The number of anilines is 1. The van der Waals surface area contributed by atoms with Crippen molar-refractivity contribution in [3.8, 4) is 0 Å². The lowest BCUT2D eigenvalue weighted by Gasteiger charge is -2.01. The van der Waals surface area contributed by atoms with E-state index in [9.17, 15) is 4.21 Å². The number of halogens is 1. The van der Waals surface area contributed by atoms with Crippen LogP contribution in [0.2, 0.25) is 0 Å².